The Balaban J connectivity index is 1.71. The van der Waals surface area contributed by atoms with E-state index in [1.54, 1.807) is 12.1 Å². The van der Waals surface area contributed by atoms with Crippen LogP contribution in [0.4, 0.5) is 13.2 Å². The number of carbonyl (C=O) groups excluding carboxylic acids is 1. The van der Waals surface area contributed by atoms with Gasteiger partial charge in [0.1, 0.15) is 5.76 Å². The summed E-state index contributed by atoms with van der Waals surface area (Å²) < 4.78 is 47.4. The number of hydrogen-bond acceptors (Lipinski definition) is 4. The highest BCUT2D eigenvalue weighted by molar-refractivity contribution is 5.86. The van der Waals surface area contributed by atoms with Crippen molar-refractivity contribution in [3.8, 4) is 0 Å². The quantitative estimate of drug-likeness (QED) is 0.781. The van der Waals surface area contributed by atoms with Crippen molar-refractivity contribution in [3.63, 3.8) is 0 Å². The van der Waals surface area contributed by atoms with Crippen molar-refractivity contribution in [3.05, 3.63) is 23.7 Å². The molecular weight excluding hydrogens is 299 g/mol. The van der Waals surface area contributed by atoms with E-state index in [9.17, 15) is 18.0 Å². The van der Waals surface area contributed by atoms with E-state index >= 15 is 0 Å². The van der Waals surface area contributed by atoms with Crippen LogP contribution in [0.2, 0.25) is 0 Å². The lowest BCUT2D eigenvalue weighted by Crippen LogP contribution is -2.40. The Labute approximate surface area is 127 Å². The predicted molar refractivity (Wildman–Crippen MR) is 73.6 cm³/mol. The lowest BCUT2D eigenvalue weighted by Gasteiger charge is -2.31. The van der Waals surface area contributed by atoms with E-state index in [0.29, 0.717) is 38.1 Å². The molecule has 2 rings (SSSR count). The van der Waals surface area contributed by atoms with Gasteiger partial charge in [-0.05, 0) is 44.0 Å². The van der Waals surface area contributed by atoms with Crippen molar-refractivity contribution in [2.24, 2.45) is 5.92 Å². The van der Waals surface area contributed by atoms with Crippen molar-refractivity contribution in [1.82, 2.24) is 4.90 Å². The summed E-state index contributed by atoms with van der Waals surface area (Å²) in [5.74, 6) is 0.477. The molecule has 1 aromatic rings. The minimum absolute atomic E-state index is 0.106. The number of alkyl halides is 3. The Morgan fingerprint density at radius 3 is 2.59 bits per heavy atom. The van der Waals surface area contributed by atoms with Crippen LogP contribution >= 0.6 is 0 Å². The largest absolute Gasteiger partial charge is 0.460 e. The summed E-state index contributed by atoms with van der Waals surface area (Å²) in [5.41, 5.74) is 0. The summed E-state index contributed by atoms with van der Waals surface area (Å²) in [6.07, 6.45) is -2.26. The number of hydrogen-bond donors (Lipinski definition) is 0. The number of nitrogens with zero attached hydrogens (tertiary/aromatic N) is 1. The van der Waals surface area contributed by atoms with Crippen molar-refractivity contribution in [1.29, 1.82) is 0 Å². The topological polar surface area (TPSA) is 42.7 Å². The number of ether oxygens (including phenoxy) is 1. The van der Waals surface area contributed by atoms with E-state index in [0.717, 1.165) is 0 Å². The van der Waals surface area contributed by atoms with Crippen molar-refractivity contribution < 1.29 is 27.1 Å². The molecule has 0 aliphatic carbocycles. The van der Waals surface area contributed by atoms with Crippen molar-refractivity contribution in [2.75, 3.05) is 26.2 Å². The van der Waals surface area contributed by atoms with Crippen LogP contribution in [0.15, 0.2) is 16.5 Å². The number of esters is 1. The zero-order valence-electron chi connectivity index (χ0n) is 12.5. The summed E-state index contributed by atoms with van der Waals surface area (Å²) in [5, 5.41) is 0. The van der Waals surface area contributed by atoms with Crippen LogP contribution in [-0.4, -0.2) is 43.3 Å². The number of likely N-dealkylation sites (tertiary alicyclic amines) is 1. The highest BCUT2D eigenvalue weighted by atomic mass is 19.4. The fourth-order valence-electron chi connectivity index (χ4n) is 2.51. The number of carbonyl (C=O) groups is 1. The molecule has 0 aromatic carbocycles. The first-order chi connectivity index (χ1) is 10.4. The highest BCUT2D eigenvalue weighted by Crippen LogP contribution is 2.23. The smallest absolute Gasteiger partial charge is 0.401 e. The van der Waals surface area contributed by atoms with Crippen LogP contribution in [0.25, 0.3) is 0 Å². The van der Waals surface area contributed by atoms with E-state index < -0.39 is 18.7 Å². The normalized spacial score (nSPS) is 17.6. The molecule has 1 aromatic heterocycles. The average molecular weight is 319 g/mol. The Kier molecular flexibility index (Phi) is 5.50. The molecule has 1 fully saturated rings. The predicted octanol–water partition coefficient (Wildman–Crippen LogP) is 3.27. The van der Waals surface area contributed by atoms with Gasteiger partial charge >= 0.3 is 12.1 Å². The molecule has 0 saturated carbocycles. The number of halogens is 3. The molecule has 1 aliphatic rings. The van der Waals surface area contributed by atoms with Crippen LogP contribution in [0.3, 0.4) is 0 Å². The molecule has 0 atom stereocenters. The molecule has 0 amide bonds. The van der Waals surface area contributed by atoms with Gasteiger partial charge in [0.25, 0.3) is 0 Å². The number of aryl methyl sites for hydroxylation is 1. The summed E-state index contributed by atoms with van der Waals surface area (Å²) in [6.45, 7) is 2.03. The Hall–Kier alpha value is -1.50. The molecular formula is C15H20F3NO3. The fourth-order valence-corrected chi connectivity index (χ4v) is 2.51. The molecule has 1 saturated heterocycles. The van der Waals surface area contributed by atoms with Gasteiger partial charge in [0, 0.05) is 6.42 Å². The molecule has 7 heteroatoms. The lowest BCUT2D eigenvalue weighted by molar-refractivity contribution is -0.148. The zero-order valence-corrected chi connectivity index (χ0v) is 12.5. The summed E-state index contributed by atoms with van der Waals surface area (Å²) >= 11 is 0. The van der Waals surface area contributed by atoms with Gasteiger partial charge in [-0.3, -0.25) is 4.90 Å². The van der Waals surface area contributed by atoms with Gasteiger partial charge in [-0.2, -0.15) is 13.2 Å². The van der Waals surface area contributed by atoms with Gasteiger partial charge in [0.05, 0.1) is 13.2 Å². The van der Waals surface area contributed by atoms with Crippen LogP contribution in [-0.2, 0) is 11.2 Å². The van der Waals surface area contributed by atoms with E-state index in [1.165, 1.54) is 4.90 Å². The SMILES string of the molecule is CCc1ccc(C(=O)OCC2CCN(CC(F)(F)F)CC2)o1. The van der Waals surface area contributed by atoms with Gasteiger partial charge in [-0.15, -0.1) is 0 Å². The molecule has 0 bridgehead atoms. The molecule has 0 spiro atoms. The molecule has 124 valence electrons. The van der Waals surface area contributed by atoms with E-state index in [-0.39, 0.29) is 18.3 Å². The van der Waals surface area contributed by atoms with Gasteiger partial charge in [-0.25, -0.2) is 4.79 Å². The van der Waals surface area contributed by atoms with Gasteiger partial charge in [0.2, 0.25) is 5.76 Å². The zero-order chi connectivity index (χ0) is 16.2. The average Bonchev–Trinajstić information content (AvgIpc) is 2.93. The van der Waals surface area contributed by atoms with Gasteiger partial charge < -0.3 is 9.15 Å². The first-order valence-corrected chi connectivity index (χ1v) is 7.42. The van der Waals surface area contributed by atoms with E-state index in [2.05, 4.69) is 0 Å². The number of furan rings is 1. The van der Waals surface area contributed by atoms with Crippen LogP contribution in [0.5, 0.6) is 0 Å². The lowest BCUT2D eigenvalue weighted by atomic mass is 9.98. The minimum atomic E-state index is -4.16. The number of piperidine rings is 1. The maximum atomic E-state index is 12.3. The van der Waals surface area contributed by atoms with Crippen LogP contribution in [0.1, 0.15) is 36.1 Å². The van der Waals surface area contributed by atoms with Crippen LogP contribution in [0, 0.1) is 5.92 Å². The molecule has 22 heavy (non-hydrogen) atoms. The highest BCUT2D eigenvalue weighted by Gasteiger charge is 2.32. The van der Waals surface area contributed by atoms with Crippen molar-refractivity contribution >= 4 is 5.97 Å². The molecule has 0 unspecified atom stereocenters. The summed E-state index contributed by atoms with van der Waals surface area (Å²) in [6, 6.07) is 3.30. The third-order valence-electron chi connectivity index (χ3n) is 3.77. The summed E-state index contributed by atoms with van der Waals surface area (Å²) in [4.78, 5) is 13.2. The Morgan fingerprint density at radius 2 is 2.05 bits per heavy atom. The summed E-state index contributed by atoms with van der Waals surface area (Å²) in [7, 11) is 0. The second-order valence-electron chi connectivity index (χ2n) is 5.55. The molecule has 1 aliphatic heterocycles. The maximum Gasteiger partial charge on any atom is 0.401 e. The Bertz CT molecular complexity index is 490. The molecule has 4 nitrogen and oxygen atoms in total. The first-order valence-electron chi connectivity index (χ1n) is 7.42. The van der Waals surface area contributed by atoms with E-state index in [4.69, 9.17) is 9.15 Å². The first kappa shape index (κ1) is 16.9. The maximum absolute atomic E-state index is 12.3. The van der Waals surface area contributed by atoms with E-state index in [1.807, 2.05) is 6.92 Å². The monoisotopic (exact) mass is 319 g/mol. The molecule has 2 heterocycles. The fraction of sp³-hybridized carbons (Fsp3) is 0.667. The third kappa shape index (κ3) is 5.05. The standard InChI is InChI=1S/C15H20F3NO3/c1-2-12-3-4-13(22-12)14(20)21-9-11-5-7-19(8-6-11)10-15(16,17)18/h3-4,11H,2,5-10H2,1H3. The second-order valence-corrected chi connectivity index (χ2v) is 5.55. The Morgan fingerprint density at radius 1 is 1.36 bits per heavy atom. The molecule has 0 radical (unpaired) electrons. The van der Waals surface area contributed by atoms with Gasteiger partial charge in [0.15, 0.2) is 0 Å². The van der Waals surface area contributed by atoms with Crippen LogP contribution < -0.4 is 0 Å². The second kappa shape index (κ2) is 7.17. The van der Waals surface area contributed by atoms with Crippen molar-refractivity contribution in [2.45, 2.75) is 32.4 Å². The third-order valence-corrected chi connectivity index (χ3v) is 3.77. The number of rotatable bonds is 5. The minimum Gasteiger partial charge on any atom is -0.460 e. The molecule has 0 N–H and O–H groups in total. The van der Waals surface area contributed by atoms with Gasteiger partial charge in [-0.1, -0.05) is 6.92 Å².